The number of benzene rings is 2. The maximum atomic E-state index is 13.6. The molecule has 0 saturated carbocycles. The third-order valence-corrected chi connectivity index (χ3v) is 6.25. The van der Waals surface area contributed by atoms with Crippen molar-refractivity contribution in [3.05, 3.63) is 58.9 Å². The zero-order chi connectivity index (χ0) is 18.8. The summed E-state index contributed by atoms with van der Waals surface area (Å²) < 4.78 is 13.6. The number of carbonyl (C=O) groups is 1. The number of anilines is 2. The molecule has 2 aromatic rings. The topological polar surface area (TPSA) is 35.6 Å². The number of nitrogens with zero attached hydrogens (tertiary/aromatic N) is 2. The summed E-state index contributed by atoms with van der Waals surface area (Å²) in [6.45, 7) is 5.18. The molecule has 4 rings (SSSR count). The van der Waals surface area contributed by atoms with Crippen molar-refractivity contribution in [2.75, 3.05) is 41.4 Å². The molecule has 2 aliphatic heterocycles. The molecule has 4 nitrogen and oxygen atoms in total. The molecule has 0 aliphatic carbocycles. The molecule has 0 aromatic heterocycles. The molecular formula is C21H24FN3OS. The average molecular weight is 386 g/mol. The number of hydrogen-bond acceptors (Lipinski definition) is 3. The highest BCUT2D eigenvalue weighted by molar-refractivity contribution is 7.99. The smallest absolute Gasteiger partial charge is 0.322 e. The van der Waals surface area contributed by atoms with E-state index in [0.29, 0.717) is 19.5 Å². The van der Waals surface area contributed by atoms with E-state index in [1.165, 1.54) is 11.8 Å². The maximum Gasteiger partial charge on any atom is 0.322 e. The van der Waals surface area contributed by atoms with Crippen molar-refractivity contribution in [3.63, 3.8) is 0 Å². The zero-order valence-electron chi connectivity index (χ0n) is 15.5. The van der Waals surface area contributed by atoms with E-state index >= 15 is 0 Å². The number of carbonyl (C=O) groups excluding carboxylic acids is 1. The van der Waals surface area contributed by atoms with Crippen LogP contribution in [0.2, 0.25) is 0 Å². The molecule has 142 valence electrons. The Morgan fingerprint density at radius 2 is 1.85 bits per heavy atom. The second kappa shape index (κ2) is 7.80. The van der Waals surface area contributed by atoms with E-state index in [0.717, 1.165) is 47.0 Å². The molecule has 0 radical (unpaired) electrons. The molecular weight excluding hydrogens is 361 g/mol. The van der Waals surface area contributed by atoms with Gasteiger partial charge in [0.1, 0.15) is 5.82 Å². The highest BCUT2D eigenvalue weighted by Crippen LogP contribution is 2.25. The van der Waals surface area contributed by atoms with Crippen molar-refractivity contribution >= 4 is 29.2 Å². The molecule has 1 N–H and O–H groups in total. The summed E-state index contributed by atoms with van der Waals surface area (Å²) in [4.78, 5) is 16.8. The number of fused-ring (bicyclic) bond motifs is 1. The second-order valence-corrected chi connectivity index (χ2v) is 8.33. The van der Waals surface area contributed by atoms with Crippen LogP contribution in [-0.4, -0.2) is 42.1 Å². The Balaban J connectivity index is 1.40. The predicted molar refractivity (Wildman–Crippen MR) is 110 cm³/mol. The van der Waals surface area contributed by atoms with Crippen LogP contribution in [0.25, 0.3) is 0 Å². The van der Waals surface area contributed by atoms with Crippen molar-refractivity contribution in [2.45, 2.75) is 19.9 Å². The van der Waals surface area contributed by atoms with Crippen LogP contribution in [0.5, 0.6) is 0 Å². The summed E-state index contributed by atoms with van der Waals surface area (Å²) >= 11 is 1.99. The minimum absolute atomic E-state index is 0.105. The fraction of sp³-hybridized carbons (Fsp3) is 0.381. The standard InChI is InChI=1S/C21H24FN3OS/c1-15-12-17(22)13-16-6-7-25(14-20(15)16)21(26)23-18-2-4-19(5-3-18)24-8-10-27-11-9-24/h2-5,12-13H,6-11,14H2,1H3,(H,23,26). The van der Waals surface area contributed by atoms with Gasteiger partial charge in [0.2, 0.25) is 0 Å². The van der Waals surface area contributed by atoms with E-state index in [-0.39, 0.29) is 11.8 Å². The van der Waals surface area contributed by atoms with Crippen LogP contribution >= 0.6 is 11.8 Å². The summed E-state index contributed by atoms with van der Waals surface area (Å²) in [5.74, 6) is 2.13. The van der Waals surface area contributed by atoms with Crippen molar-refractivity contribution in [3.8, 4) is 0 Å². The van der Waals surface area contributed by atoms with Gasteiger partial charge in [-0.2, -0.15) is 11.8 Å². The molecule has 2 amide bonds. The van der Waals surface area contributed by atoms with Crippen molar-refractivity contribution in [2.24, 2.45) is 0 Å². The van der Waals surface area contributed by atoms with Gasteiger partial charge in [-0.05, 0) is 66.4 Å². The van der Waals surface area contributed by atoms with E-state index < -0.39 is 0 Å². The van der Waals surface area contributed by atoms with Crippen LogP contribution in [0.4, 0.5) is 20.6 Å². The summed E-state index contributed by atoms with van der Waals surface area (Å²) in [7, 11) is 0. The lowest BCUT2D eigenvalue weighted by atomic mass is 9.95. The monoisotopic (exact) mass is 385 g/mol. The van der Waals surface area contributed by atoms with Crippen LogP contribution in [0.3, 0.4) is 0 Å². The Bertz CT molecular complexity index is 834. The summed E-state index contributed by atoms with van der Waals surface area (Å²) in [6, 6.07) is 11.1. The van der Waals surface area contributed by atoms with Crippen molar-refractivity contribution in [1.29, 1.82) is 0 Å². The van der Waals surface area contributed by atoms with E-state index in [1.807, 2.05) is 30.8 Å². The molecule has 6 heteroatoms. The summed E-state index contributed by atoms with van der Waals surface area (Å²) in [5.41, 5.74) is 5.00. The number of aryl methyl sites for hydroxylation is 1. The number of thioether (sulfide) groups is 1. The van der Waals surface area contributed by atoms with E-state index in [4.69, 9.17) is 0 Å². The Morgan fingerprint density at radius 1 is 1.11 bits per heavy atom. The normalized spacial score (nSPS) is 16.8. The Hall–Kier alpha value is -2.21. The molecule has 0 atom stereocenters. The molecule has 2 aliphatic rings. The van der Waals surface area contributed by atoms with Crippen LogP contribution in [-0.2, 0) is 13.0 Å². The van der Waals surface area contributed by atoms with Gasteiger partial charge in [0.15, 0.2) is 0 Å². The average Bonchev–Trinajstić information content (AvgIpc) is 2.69. The van der Waals surface area contributed by atoms with Crippen LogP contribution in [0, 0.1) is 12.7 Å². The number of hydrogen-bond donors (Lipinski definition) is 1. The maximum absolute atomic E-state index is 13.6. The Morgan fingerprint density at radius 3 is 2.59 bits per heavy atom. The third-order valence-electron chi connectivity index (χ3n) is 5.31. The van der Waals surface area contributed by atoms with Gasteiger partial charge in [-0.15, -0.1) is 0 Å². The first kappa shape index (κ1) is 18.2. The lowest BCUT2D eigenvalue weighted by molar-refractivity contribution is 0.206. The van der Waals surface area contributed by atoms with Crippen molar-refractivity contribution in [1.82, 2.24) is 4.90 Å². The third kappa shape index (κ3) is 4.05. The molecule has 0 bridgehead atoms. The van der Waals surface area contributed by atoms with Gasteiger partial charge in [-0.1, -0.05) is 0 Å². The highest BCUT2D eigenvalue weighted by Gasteiger charge is 2.22. The molecule has 2 heterocycles. The SMILES string of the molecule is Cc1cc(F)cc2c1CN(C(=O)Nc1ccc(N3CCSCC3)cc1)CC2. The first-order valence-corrected chi connectivity index (χ1v) is 10.5. The van der Waals surface area contributed by atoms with Gasteiger partial charge in [0.05, 0.1) is 0 Å². The Kier molecular flexibility index (Phi) is 5.25. The minimum atomic E-state index is -0.198. The largest absolute Gasteiger partial charge is 0.370 e. The molecule has 27 heavy (non-hydrogen) atoms. The van der Waals surface area contributed by atoms with Gasteiger partial charge < -0.3 is 15.1 Å². The van der Waals surface area contributed by atoms with Gasteiger partial charge >= 0.3 is 6.03 Å². The number of amides is 2. The van der Waals surface area contributed by atoms with Crippen molar-refractivity contribution < 1.29 is 9.18 Å². The second-order valence-electron chi connectivity index (χ2n) is 7.11. The number of rotatable bonds is 2. The quantitative estimate of drug-likeness (QED) is 0.838. The zero-order valence-corrected chi connectivity index (χ0v) is 16.3. The number of urea groups is 1. The summed E-state index contributed by atoms with van der Waals surface area (Å²) in [5, 5.41) is 2.99. The van der Waals surface area contributed by atoms with Gasteiger partial charge in [0.25, 0.3) is 0 Å². The first-order valence-electron chi connectivity index (χ1n) is 9.37. The van der Waals surface area contributed by atoms with Crippen LogP contribution < -0.4 is 10.2 Å². The minimum Gasteiger partial charge on any atom is -0.370 e. The van der Waals surface area contributed by atoms with E-state index in [1.54, 1.807) is 11.0 Å². The predicted octanol–water partition coefficient (Wildman–Crippen LogP) is 4.28. The molecule has 0 unspecified atom stereocenters. The fourth-order valence-corrected chi connectivity index (χ4v) is 4.67. The fourth-order valence-electron chi connectivity index (χ4n) is 3.77. The molecule has 1 fully saturated rings. The number of nitrogens with one attached hydrogen (secondary N) is 1. The van der Waals surface area contributed by atoms with Crippen LogP contribution in [0.15, 0.2) is 36.4 Å². The van der Waals surface area contributed by atoms with E-state index in [2.05, 4.69) is 22.3 Å². The molecule has 1 saturated heterocycles. The highest BCUT2D eigenvalue weighted by atomic mass is 32.2. The lowest BCUT2D eigenvalue weighted by Crippen LogP contribution is -2.39. The van der Waals surface area contributed by atoms with Gasteiger partial charge in [-0.25, -0.2) is 9.18 Å². The van der Waals surface area contributed by atoms with Gasteiger partial charge in [-0.3, -0.25) is 0 Å². The number of halogens is 1. The Labute approximate surface area is 163 Å². The summed E-state index contributed by atoms with van der Waals surface area (Å²) in [6.07, 6.45) is 0.688. The lowest BCUT2D eigenvalue weighted by Gasteiger charge is -2.30. The molecule has 0 spiro atoms. The van der Waals surface area contributed by atoms with Crippen LogP contribution in [0.1, 0.15) is 16.7 Å². The molecule has 2 aromatic carbocycles. The van der Waals surface area contributed by atoms with Gasteiger partial charge in [0, 0.05) is 49.1 Å². The van der Waals surface area contributed by atoms with E-state index in [9.17, 15) is 9.18 Å². The first-order chi connectivity index (χ1) is 13.1.